The van der Waals surface area contributed by atoms with Crippen LogP contribution in [0.25, 0.3) is 11.2 Å². The third-order valence-corrected chi connectivity index (χ3v) is 3.32. The second-order valence-electron chi connectivity index (χ2n) is 5.14. The molecule has 0 radical (unpaired) electrons. The molecule has 3 aromatic rings. The molecule has 0 atom stereocenters. The molecule has 0 bridgehead atoms. The number of imidazole rings is 1. The number of rotatable bonds is 4. The van der Waals surface area contributed by atoms with E-state index in [4.69, 9.17) is 10.5 Å². The number of nitrogens with zero attached hydrogens (tertiary/aromatic N) is 3. The first kappa shape index (κ1) is 13.4. The van der Waals surface area contributed by atoms with Crippen molar-refractivity contribution < 1.29 is 4.74 Å². The average molecular weight is 282 g/mol. The van der Waals surface area contributed by atoms with Crippen LogP contribution in [0.4, 0.5) is 5.95 Å². The van der Waals surface area contributed by atoms with Crippen LogP contribution in [0.2, 0.25) is 0 Å². The van der Waals surface area contributed by atoms with Gasteiger partial charge in [-0.1, -0.05) is 12.1 Å². The van der Waals surface area contributed by atoms with E-state index in [1.165, 1.54) is 5.56 Å². The van der Waals surface area contributed by atoms with E-state index in [-0.39, 0.29) is 0 Å². The summed E-state index contributed by atoms with van der Waals surface area (Å²) in [4.78, 5) is 8.74. The fraction of sp³-hybridized carbons (Fsp3) is 0.250. The summed E-state index contributed by atoms with van der Waals surface area (Å²) in [5.41, 5.74) is 9.83. The molecule has 2 aromatic heterocycles. The molecule has 0 unspecified atom stereocenters. The maximum absolute atomic E-state index is 5.96. The van der Waals surface area contributed by atoms with E-state index in [9.17, 15) is 0 Å². The predicted octanol–water partition coefficient (Wildman–Crippen LogP) is 2.71. The minimum absolute atomic E-state index is 0.468. The van der Waals surface area contributed by atoms with Gasteiger partial charge in [-0.05, 0) is 43.2 Å². The van der Waals surface area contributed by atoms with Gasteiger partial charge in [0, 0.05) is 6.20 Å². The lowest BCUT2D eigenvalue weighted by Crippen LogP contribution is -2.11. The monoisotopic (exact) mass is 282 g/mol. The molecule has 2 N–H and O–H groups in total. The number of aryl methyl sites for hydroxylation is 2. The maximum atomic E-state index is 5.96. The van der Waals surface area contributed by atoms with E-state index in [1.54, 1.807) is 0 Å². The van der Waals surface area contributed by atoms with Crippen LogP contribution in [0, 0.1) is 13.8 Å². The minimum Gasteiger partial charge on any atom is -0.492 e. The Labute approximate surface area is 123 Å². The standard InChI is InChI=1S/C16H18N4O/c1-11-4-3-5-13(8-11)21-7-6-20-15-14(19-16(20)17)9-12(2)10-18-15/h3-5,8-10H,6-7H2,1-2H3,(H2,17,19). The molecule has 108 valence electrons. The molecule has 0 amide bonds. The molecule has 2 heterocycles. The second-order valence-corrected chi connectivity index (χ2v) is 5.14. The molecule has 0 saturated carbocycles. The average Bonchev–Trinajstić information content (AvgIpc) is 2.74. The maximum Gasteiger partial charge on any atom is 0.202 e. The topological polar surface area (TPSA) is 66.0 Å². The van der Waals surface area contributed by atoms with Crippen molar-refractivity contribution >= 4 is 17.1 Å². The van der Waals surface area contributed by atoms with Crippen LogP contribution in [-0.2, 0) is 6.54 Å². The summed E-state index contributed by atoms with van der Waals surface area (Å²) in [6.45, 7) is 5.17. The van der Waals surface area contributed by atoms with Crippen molar-refractivity contribution in [2.24, 2.45) is 0 Å². The first-order valence-electron chi connectivity index (χ1n) is 6.91. The summed E-state index contributed by atoms with van der Waals surface area (Å²) in [7, 11) is 0. The molecule has 21 heavy (non-hydrogen) atoms. The van der Waals surface area contributed by atoms with Crippen LogP contribution >= 0.6 is 0 Å². The van der Waals surface area contributed by atoms with Crippen LogP contribution < -0.4 is 10.5 Å². The quantitative estimate of drug-likeness (QED) is 0.799. The summed E-state index contributed by atoms with van der Waals surface area (Å²) in [5, 5.41) is 0. The van der Waals surface area contributed by atoms with Gasteiger partial charge in [0.05, 0.1) is 6.54 Å². The molecular weight excluding hydrogens is 264 g/mol. The van der Waals surface area contributed by atoms with Crippen LogP contribution in [0.3, 0.4) is 0 Å². The lowest BCUT2D eigenvalue weighted by Gasteiger charge is -2.09. The van der Waals surface area contributed by atoms with Gasteiger partial charge in [0.1, 0.15) is 17.9 Å². The fourth-order valence-electron chi connectivity index (χ4n) is 2.31. The van der Waals surface area contributed by atoms with Crippen LogP contribution in [0.1, 0.15) is 11.1 Å². The molecule has 0 aliphatic rings. The van der Waals surface area contributed by atoms with Crippen molar-refractivity contribution in [2.75, 3.05) is 12.3 Å². The van der Waals surface area contributed by atoms with Crippen molar-refractivity contribution in [1.82, 2.24) is 14.5 Å². The summed E-state index contributed by atoms with van der Waals surface area (Å²) in [6, 6.07) is 9.97. The number of fused-ring (bicyclic) bond motifs is 1. The number of hydrogen-bond acceptors (Lipinski definition) is 4. The van der Waals surface area contributed by atoms with Crippen LogP contribution in [0.5, 0.6) is 5.75 Å². The zero-order valence-electron chi connectivity index (χ0n) is 12.2. The van der Waals surface area contributed by atoms with Gasteiger partial charge in [0.15, 0.2) is 5.65 Å². The highest BCUT2D eigenvalue weighted by Crippen LogP contribution is 2.17. The third kappa shape index (κ3) is 2.81. The fourth-order valence-corrected chi connectivity index (χ4v) is 2.31. The lowest BCUT2D eigenvalue weighted by molar-refractivity contribution is 0.300. The SMILES string of the molecule is Cc1cccc(OCCn2c(N)nc3cc(C)cnc32)c1. The molecular formula is C16H18N4O. The Morgan fingerprint density at radius 1 is 1.19 bits per heavy atom. The van der Waals surface area contributed by atoms with Crippen molar-refractivity contribution in [2.45, 2.75) is 20.4 Å². The Morgan fingerprint density at radius 3 is 2.86 bits per heavy atom. The van der Waals surface area contributed by atoms with Gasteiger partial charge in [-0.3, -0.25) is 4.57 Å². The van der Waals surface area contributed by atoms with Crippen molar-refractivity contribution in [3.63, 3.8) is 0 Å². The number of aromatic nitrogens is 3. The Balaban J connectivity index is 1.75. The van der Waals surface area contributed by atoms with Gasteiger partial charge in [0.25, 0.3) is 0 Å². The largest absolute Gasteiger partial charge is 0.492 e. The van der Waals surface area contributed by atoms with E-state index >= 15 is 0 Å². The molecule has 0 fully saturated rings. The molecule has 0 aliphatic heterocycles. The molecule has 0 aliphatic carbocycles. The molecule has 0 saturated heterocycles. The summed E-state index contributed by atoms with van der Waals surface area (Å²) in [6.07, 6.45) is 1.82. The number of pyridine rings is 1. The lowest BCUT2D eigenvalue weighted by atomic mass is 10.2. The second kappa shape index (κ2) is 5.44. The number of benzene rings is 1. The van der Waals surface area contributed by atoms with E-state index in [0.29, 0.717) is 19.1 Å². The van der Waals surface area contributed by atoms with Crippen LogP contribution in [0.15, 0.2) is 36.5 Å². The third-order valence-electron chi connectivity index (χ3n) is 3.32. The highest BCUT2D eigenvalue weighted by molar-refractivity contribution is 5.74. The van der Waals surface area contributed by atoms with E-state index < -0.39 is 0 Å². The van der Waals surface area contributed by atoms with Gasteiger partial charge in [-0.2, -0.15) is 0 Å². The van der Waals surface area contributed by atoms with Crippen molar-refractivity contribution in [1.29, 1.82) is 0 Å². The van der Waals surface area contributed by atoms with Crippen molar-refractivity contribution in [3.8, 4) is 5.75 Å². The molecule has 1 aromatic carbocycles. The molecule has 0 spiro atoms. The first-order valence-corrected chi connectivity index (χ1v) is 6.91. The number of nitrogens with two attached hydrogens (primary N) is 1. The van der Waals surface area contributed by atoms with E-state index in [1.807, 2.05) is 54.9 Å². The van der Waals surface area contributed by atoms with Gasteiger partial charge in [0.2, 0.25) is 5.95 Å². The van der Waals surface area contributed by atoms with Gasteiger partial charge in [-0.25, -0.2) is 9.97 Å². The zero-order chi connectivity index (χ0) is 14.8. The first-order chi connectivity index (χ1) is 10.1. The predicted molar refractivity (Wildman–Crippen MR) is 83.4 cm³/mol. The Hall–Kier alpha value is -2.56. The van der Waals surface area contributed by atoms with Gasteiger partial charge >= 0.3 is 0 Å². The Morgan fingerprint density at radius 2 is 2.05 bits per heavy atom. The van der Waals surface area contributed by atoms with Gasteiger partial charge in [-0.15, -0.1) is 0 Å². The van der Waals surface area contributed by atoms with Crippen LogP contribution in [-0.4, -0.2) is 21.1 Å². The molecule has 5 nitrogen and oxygen atoms in total. The van der Waals surface area contributed by atoms with Crippen molar-refractivity contribution in [3.05, 3.63) is 47.7 Å². The zero-order valence-corrected chi connectivity index (χ0v) is 12.2. The molecule has 5 heteroatoms. The van der Waals surface area contributed by atoms with Gasteiger partial charge < -0.3 is 10.5 Å². The number of hydrogen-bond donors (Lipinski definition) is 1. The number of anilines is 1. The minimum atomic E-state index is 0.468. The highest BCUT2D eigenvalue weighted by atomic mass is 16.5. The normalized spacial score (nSPS) is 11.0. The van der Waals surface area contributed by atoms with E-state index in [0.717, 1.165) is 22.5 Å². The number of nitrogen functional groups attached to an aromatic ring is 1. The summed E-state index contributed by atoms with van der Waals surface area (Å²) in [5.74, 6) is 1.33. The number of ether oxygens (including phenoxy) is 1. The highest BCUT2D eigenvalue weighted by Gasteiger charge is 2.09. The summed E-state index contributed by atoms with van der Waals surface area (Å²) < 4.78 is 7.64. The Bertz CT molecular complexity index is 779. The molecule has 3 rings (SSSR count). The smallest absolute Gasteiger partial charge is 0.202 e. The summed E-state index contributed by atoms with van der Waals surface area (Å²) >= 11 is 0. The Kier molecular flexibility index (Phi) is 3.48. The van der Waals surface area contributed by atoms with E-state index in [2.05, 4.69) is 9.97 Å².